The van der Waals surface area contributed by atoms with Gasteiger partial charge in [-0.3, -0.25) is 24.0 Å². The molecule has 0 saturated carbocycles. The lowest BCUT2D eigenvalue weighted by Crippen LogP contribution is -2.65. The first-order valence-electron chi connectivity index (χ1n) is 15.5. The van der Waals surface area contributed by atoms with E-state index in [-0.39, 0.29) is 19.1 Å². The van der Waals surface area contributed by atoms with Crippen LogP contribution in [0.15, 0.2) is 30.3 Å². The highest BCUT2D eigenvalue weighted by Crippen LogP contribution is 2.39. The van der Waals surface area contributed by atoms with Crippen LogP contribution in [0.1, 0.15) is 54.0 Å². The van der Waals surface area contributed by atoms with Gasteiger partial charge in [-0.1, -0.05) is 30.3 Å². The number of ether oxygens (including phenoxy) is 10. The number of nitrogens with one attached hydrogen (secondary N) is 1. The molecule has 16 heteroatoms. The average Bonchev–Trinajstić information content (AvgIpc) is 3.32. The van der Waals surface area contributed by atoms with Crippen molar-refractivity contribution in [2.45, 2.75) is 122 Å². The zero-order valence-corrected chi connectivity index (χ0v) is 27.9. The molecule has 3 fully saturated rings. The third-order valence-corrected chi connectivity index (χ3v) is 7.49. The lowest BCUT2D eigenvalue weighted by molar-refractivity contribution is -0.321. The maximum Gasteiger partial charge on any atom is 0.303 e. The Morgan fingerprint density at radius 3 is 1.88 bits per heavy atom. The van der Waals surface area contributed by atoms with Gasteiger partial charge in [0.1, 0.15) is 37.1 Å². The molecule has 3 aliphatic rings. The average molecular weight is 682 g/mol. The highest BCUT2D eigenvalue weighted by molar-refractivity contribution is 5.73. The van der Waals surface area contributed by atoms with Gasteiger partial charge in [0.2, 0.25) is 5.91 Å². The fourth-order valence-corrected chi connectivity index (χ4v) is 5.80. The molecular weight excluding hydrogens is 638 g/mol. The van der Waals surface area contributed by atoms with E-state index in [9.17, 15) is 24.0 Å². The van der Waals surface area contributed by atoms with Crippen LogP contribution in [-0.4, -0.2) is 110 Å². The van der Waals surface area contributed by atoms with E-state index in [0.717, 1.165) is 26.3 Å². The van der Waals surface area contributed by atoms with Gasteiger partial charge >= 0.3 is 23.9 Å². The van der Waals surface area contributed by atoms with E-state index < -0.39 is 97.6 Å². The van der Waals surface area contributed by atoms with Crippen LogP contribution in [-0.2, 0) is 77.9 Å². The van der Waals surface area contributed by atoms with Gasteiger partial charge in [0.05, 0.1) is 13.2 Å². The van der Waals surface area contributed by atoms with Gasteiger partial charge in [-0.25, -0.2) is 0 Å². The van der Waals surface area contributed by atoms with Gasteiger partial charge in [-0.05, 0) is 19.4 Å². The predicted octanol–water partition coefficient (Wildman–Crippen LogP) is 1.05. The topological polar surface area (TPSA) is 190 Å². The lowest BCUT2D eigenvalue weighted by atomic mass is 9.96. The Hall–Kier alpha value is -3.67. The Kier molecular flexibility index (Phi) is 12.5. The number of amides is 1. The molecule has 266 valence electrons. The summed E-state index contributed by atoms with van der Waals surface area (Å²) in [5.74, 6) is -4.37. The van der Waals surface area contributed by atoms with Crippen molar-refractivity contribution in [2.24, 2.45) is 0 Å². The van der Waals surface area contributed by atoms with Crippen molar-refractivity contribution in [1.29, 1.82) is 0 Å². The Morgan fingerprint density at radius 1 is 0.688 bits per heavy atom. The maximum atomic E-state index is 12.2. The second-order valence-electron chi connectivity index (χ2n) is 12.0. The smallest absolute Gasteiger partial charge is 0.303 e. The van der Waals surface area contributed by atoms with Crippen LogP contribution in [0.5, 0.6) is 0 Å². The van der Waals surface area contributed by atoms with Gasteiger partial charge in [0.25, 0.3) is 0 Å². The van der Waals surface area contributed by atoms with Crippen LogP contribution in [0.4, 0.5) is 0 Å². The summed E-state index contributed by atoms with van der Waals surface area (Å²) in [7, 11) is 0. The number of esters is 4. The summed E-state index contributed by atoms with van der Waals surface area (Å²) in [6.45, 7) is 8.82. The second-order valence-corrected chi connectivity index (χ2v) is 12.0. The molecule has 1 unspecified atom stereocenters. The minimum atomic E-state index is -1.44. The number of fused-ring (bicyclic) bond motifs is 1. The van der Waals surface area contributed by atoms with Crippen molar-refractivity contribution < 1.29 is 71.3 Å². The van der Waals surface area contributed by atoms with Crippen LogP contribution in [0.2, 0.25) is 0 Å². The molecule has 0 radical (unpaired) electrons. The molecule has 48 heavy (non-hydrogen) atoms. The number of hydrogen-bond acceptors (Lipinski definition) is 15. The lowest BCUT2D eigenvalue weighted by Gasteiger charge is -2.45. The first kappa shape index (κ1) is 37.2. The Balaban J connectivity index is 1.62. The second kappa shape index (κ2) is 16.2. The van der Waals surface area contributed by atoms with Crippen LogP contribution in [0.25, 0.3) is 0 Å². The molecule has 10 atom stereocenters. The summed E-state index contributed by atoms with van der Waals surface area (Å²) in [6, 6.07) is 8.59. The monoisotopic (exact) mass is 681 g/mol. The third kappa shape index (κ3) is 9.93. The van der Waals surface area contributed by atoms with Crippen LogP contribution >= 0.6 is 0 Å². The number of hydrogen-bond donors (Lipinski definition) is 1. The molecule has 1 aromatic carbocycles. The van der Waals surface area contributed by atoms with Crippen LogP contribution in [0.3, 0.4) is 0 Å². The first-order valence-corrected chi connectivity index (χ1v) is 15.5. The number of rotatable bonds is 12. The quantitative estimate of drug-likeness (QED) is 0.243. The van der Waals surface area contributed by atoms with Gasteiger partial charge in [0.15, 0.2) is 36.7 Å². The molecule has 1 amide bonds. The number of benzene rings is 1. The summed E-state index contributed by atoms with van der Waals surface area (Å²) in [6.07, 6.45) is -10.3. The summed E-state index contributed by atoms with van der Waals surface area (Å²) in [5.41, 5.74) is 0.860. The Bertz CT molecular complexity index is 1310. The van der Waals surface area contributed by atoms with E-state index in [1.54, 1.807) is 13.8 Å². The number of carbonyl (C=O) groups is 5. The molecule has 0 aromatic heterocycles. The minimum Gasteiger partial charge on any atom is -0.463 e. The Morgan fingerprint density at radius 2 is 1.27 bits per heavy atom. The zero-order valence-electron chi connectivity index (χ0n) is 27.9. The summed E-state index contributed by atoms with van der Waals surface area (Å²) in [5, 5.41) is 2.86. The molecule has 3 aliphatic heterocycles. The standard InChI is InChI=1S/C32H43NO15/c1-16(34)33-24-27-26(47-32(6,7)48-27)23(45-30(24)40-13-21-11-9-8-10-12-21)15-41-31-29(44-20(5)38)28(43-19(4)37)25(42-18(3)36)22(46-31)14-39-17(2)35/h8-12,22-31H,13-15H2,1-7H3,(H,33,34)/t22-,23-,24-,25+,26+,27-,28+,29-,30?,31-/m1/s1. The number of carbonyl (C=O) groups excluding carboxylic acids is 5. The van der Waals surface area contributed by atoms with Crippen molar-refractivity contribution in [2.75, 3.05) is 13.2 Å². The van der Waals surface area contributed by atoms with Crippen LogP contribution in [0, 0.1) is 0 Å². The molecule has 1 N–H and O–H groups in total. The maximum absolute atomic E-state index is 12.2. The summed E-state index contributed by atoms with van der Waals surface area (Å²) >= 11 is 0. The fraction of sp³-hybridized carbons (Fsp3) is 0.656. The van der Waals surface area contributed by atoms with Crippen molar-refractivity contribution >= 4 is 29.8 Å². The normalized spacial score (nSPS) is 32.3. The zero-order chi connectivity index (χ0) is 35.2. The minimum absolute atomic E-state index is 0.149. The molecule has 1 aromatic rings. The third-order valence-electron chi connectivity index (χ3n) is 7.49. The molecule has 0 bridgehead atoms. The molecule has 0 spiro atoms. The van der Waals surface area contributed by atoms with Gasteiger partial charge in [-0.15, -0.1) is 0 Å². The SMILES string of the molecule is CC(=O)N[C@H]1C(OCc2ccccc2)O[C@H](CO[C@@H]2O[C@H](COC(C)=O)[C@H](OC(C)=O)[C@H](OC(C)=O)[C@H]2OC(C)=O)[C@@H]2OC(C)(C)O[C@@H]21. The molecule has 4 rings (SSSR count). The summed E-state index contributed by atoms with van der Waals surface area (Å²) in [4.78, 5) is 60.4. The van der Waals surface area contributed by atoms with Crippen molar-refractivity contribution in [3.8, 4) is 0 Å². The largest absolute Gasteiger partial charge is 0.463 e. The predicted molar refractivity (Wildman–Crippen MR) is 159 cm³/mol. The van der Waals surface area contributed by atoms with Crippen molar-refractivity contribution in [3.05, 3.63) is 35.9 Å². The van der Waals surface area contributed by atoms with Gasteiger partial charge in [0, 0.05) is 34.6 Å². The highest BCUT2D eigenvalue weighted by Gasteiger charge is 2.57. The van der Waals surface area contributed by atoms with E-state index in [1.165, 1.54) is 13.8 Å². The van der Waals surface area contributed by atoms with E-state index >= 15 is 0 Å². The van der Waals surface area contributed by atoms with Gasteiger partial charge < -0.3 is 52.7 Å². The fourth-order valence-electron chi connectivity index (χ4n) is 5.80. The summed E-state index contributed by atoms with van der Waals surface area (Å²) < 4.78 is 58.7. The molecule has 16 nitrogen and oxygen atoms in total. The van der Waals surface area contributed by atoms with Crippen LogP contribution < -0.4 is 5.32 Å². The molecule has 3 saturated heterocycles. The van der Waals surface area contributed by atoms with Gasteiger partial charge in [-0.2, -0.15) is 0 Å². The van der Waals surface area contributed by atoms with E-state index in [2.05, 4.69) is 5.32 Å². The molecule has 3 heterocycles. The first-order chi connectivity index (χ1) is 22.6. The highest BCUT2D eigenvalue weighted by atomic mass is 16.8. The van der Waals surface area contributed by atoms with Crippen molar-refractivity contribution in [3.63, 3.8) is 0 Å². The Labute approximate surface area is 277 Å². The van der Waals surface area contributed by atoms with E-state index in [1.807, 2.05) is 30.3 Å². The van der Waals surface area contributed by atoms with E-state index in [4.69, 9.17) is 47.4 Å². The van der Waals surface area contributed by atoms with E-state index in [0.29, 0.717) is 0 Å². The molecule has 0 aliphatic carbocycles. The van der Waals surface area contributed by atoms with Crippen molar-refractivity contribution in [1.82, 2.24) is 5.32 Å². The molecular formula is C32H43NO15.